The molecule has 1 aliphatic carbocycles. The number of carbonyl (C=O) groups is 1. The van der Waals surface area contributed by atoms with Crippen LogP contribution in [0, 0.1) is 11.7 Å². The molecule has 0 heterocycles. The van der Waals surface area contributed by atoms with E-state index in [0.717, 1.165) is 36.1 Å². The maximum absolute atomic E-state index is 14.2. The predicted octanol–water partition coefficient (Wildman–Crippen LogP) is 3.72. The van der Waals surface area contributed by atoms with Crippen molar-refractivity contribution in [2.24, 2.45) is 5.92 Å². The van der Waals surface area contributed by atoms with Crippen LogP contribution in [-0.2, 0) is 14.8 Å². The van der Waals surface area contributed by atoms with Crippen LogP contribution in [0.4, 0.5) is 10.1 Å². The largest absolute Gasteiger partial charge is 0.352 e. The average molecular weight is 405 g/mol. The van der Waals surface area contributed by atoms with Crippen molar-refractivity contribution in [2.45, 2.75) is 43.5 Å². The van der Waals surface area contributed by atoms with Gasteiger partial charge in [0, 0.05) is 6.04 Å². The summed E-state index contributed by atoms with van der Waals surface area (Å²) in [4.78, 5) is 12.2. The standard InChI is InChI=1S/C21H25FN2O3S/c1-16-9-5-7-13-19(16)23-21(25)15-24(17-10-3-2-4-11-17)28(26,27)20-14-8-6-12-18(20)22/h2-4,6,8,10-12,14,16,19H,5,7,9,13,15H2,1H3,(H,23,25)/t16-,19+/m1/s1. The molecule has 2 atom stereocenters. The van der Waals surface area contributed by atoms with E-state index in [1.165, 1.54) is 18.2 Å². The summed E-state index contributed by atoms with van der Waals surface area (Å²) in [5.41, 5.74) is 0.317. The third-order valence-corrected chi connectivity index (χ3v) is 7.00. The molecule has 7 heteroatoms. The molecule has 0 aromatic heterocycles. The van der Waals surface area contributed by atoms with E-state index in [1.807, 2.05) is 0 Å². The van der Waals surface area contributed by atoms with Crippen LogP contribution in [-0.4, -0.2) is 26.9 Å². The Bertz CT molecular complexity index is 918. The zero-order valence-electron chi connectivity index (χ0n) is 15.8. The monoisotopic (exact) mass is 404 g/mol. The summed E-state index contributed by atoms with van der Waals surface area (Å²) in [6, 6.07) is 13.5. The van der Waals surface area contributed by atoms with Gasteiger partial charge in [0.15, 0.2) is 0 Å². The maximum Gasteiger partial charge on any atom is 0.267 e. The number of carbonyl (C=O) groups excluding carboxylic acids is 1. The molecule has 2 aromatic carbocycles. The van der Waals surface area contributed by atoms with Crippen LogP contribution in [0.1, 0.15) is 32.6 Å². The lowest BCUT2D eigenvalue weighted by molar-refractivity contribution is -0.120. The zero-order valence-corrected chi connectivity index (χ0v) is 16.7. The van der Waals surface area contributed by atoms with Gasteiger partial charge in [-0.1, -0.05) is 50.1 Å². The number of nitrogens with one attached hydrogen (secondary N) is 1. The van der Waals surface area contributed by atoms with E-state index in [-0.39, 0.29) is 11.9 Å². The molecule has 0 bridgehead atoms. The molecule has 1 fully saturated rings. The van der Waals surface area contributed by atoms with Crippen molar-refractivity contribution in [1.82, 2.24) is 5.32 Å². The van der Waals surface area contributed by atoms with E-state index in [9.17, 15) is 17.6 Å². The molecule has 1 aliphatic rings. The fraction of sp³-hybridized carbons (Fsp3) is 0.381. The summed E-state index contributed by atoms with van der Waals surface area (Å²) in [5, 5.41) is 2.97. The van der Waals surface area contributed by atoms with Crippen LogP contribution < -0.4 is 9.62 Å². The molecular weight excluding hydrogens is 379 g/mol. The summed E-state index contributed by atoms with van der Waals surface area (Å²) in [6.45, 7) is 1.69. The number of nitrogens with zero attached hydrogens (tertiary/aromatic N) is 1. The van der Waals surface area contributed by atoms with E-state index >= 15 is 0 Å². The Hall–Kier alpha value is -2.41. The zero-order chi connectivity index (χ0) is 20.1. The van der Waals surface area contributed by atoms with Gasteiger partial charge in [-0.15, -0.1) is 0 Å². The number of para-hydroxylation sites is 1. The normalized spacial score (nSPS) is 19.8. The molecule has 1 saturated carbocycles. The Morgan fingerprint density at radius 1 is 1.07 bits per heavy atom. The maximum atomic E-state index is 14.2. The summed E-state index contributed by atoms with van der Waals surface area (Å²) < 4.78 is 41.5. The predicted molar refractivity (Wildman–Crippen MR) is 107 cm³/mol. The number of halogens is 1. The van der Waals surface area contributed by atoms with Gasteiger partial charge in [0.05, 0.1) is 5.69 Å². The Balaban J connectivity index is 1.88. The van der Waals surface area contributed by atoms with Crippen molar-refractivity contribution >= 4 is 21.6 Å². The van der Waals surface area contributed by atoms with Gasteiger partial charge in [0.2, 0.25) is 5.91 Å². The van der Waals surface area contributed by atoms with Crippen molar-refractivity contribution < 1.29 is 17.6 Å². The summed E-state index contributed by atoms with van der Waals surface area (Å²) in [5.74, 6) is -0.877. The van der Waals surface area contributed by atoms with E-state index < -0.39 is 27.3 Å². The number of hydrogen-bond acceptors (Lipinski definition) is 3. The van der Waals surface area contributed by atoms with Gasteiger partial charge in [-0.05, 0) is 43.0 Å². The average Bonchev–Trinajstić information content (AvgIpc) is 2.68. The fourth-order valence-corrected chi connectivity index (χ4v) is 5.08. The first-order valence-corrected chi connectivity index (χ1v) is 11.0. The number of hydrogen-bond donors (Lipinski definition) is 1. The van der Waals surface area contributed by atoms with E-state index in [2.05, 4.69) is 12.2 Å². The van der Waals surface area contributed by atoms with Crippen LogP contribution in [0.3, 0.4) is 0 Å². The van der Waals surface area contributed by atoms with Crippen LogP contribution in [0.5, 0.6) is 0 Å². The van der Waals surface area contributed by atoms with Crippen molar-refractivity contribution in [2.75, 3.05) is 10.8 Å². The van der Waals surface area contributed by atoms with Crippen molar-refractivity contribution in [3.05, 3.63) is 60.4 Å². The van der Waals surface area contributed by atoms with Crippen molar-refractivity contribution in [3.8, 4) is 0 Å². The molecule has 150 valence electrons. The molecule has 5 nitrogen and oxygen atoms in total. The van der Waals surface area contributed by atoms with Gasteiger partial charge in [-0.3, -0.25) is 9.10 Å². The van der Waals surface area contributed by atoms with E-state index in [1.54, 1.807) is 30.3 Å². The number of amides is 1. The lowest BCUT2D eigenvalue weighted by Gasteiger charge is -2.31. The Morgan fingerprint density at radius 3 is 2.39 bits per heavy atom. The van der Waals surface area contributed by atoms with Gasteiger partial charge in [-0.25, -0.2) is 12.8 Å². The highest BCUT2D eigenvalue weighted by Crippen LogP contribution is 2.26. The minimum atomic E-state index is -4.24. The highest BCUT2D eigenvalue weighted by molar-refractivity contribution is 7.92. The molecular formula is C21H25FN2O3S. The molecule has 0 radical (unpaired) electrons. The molecule has 0 aliphatic heterocycles. The quantitative estimate of drug-likeness (QED) is 0.798. The van der Waals surface area contributed by atoms with Crippen molar-refractivity contribution in [1.29, 1.82) is 0 Å². The molecule has 3 rings (SSSR count). The molecule has 0 unspecified atom stereocenters. The lowest BCUT2D eigenvalue weighted by Crippen LogP contribution is -2.47. The van der Waals surface area contributed by atoms with Gasteiger partial charge in [0.25, 0.3) is 10.0 Å². The first kappa shape index (κ1) is 20.3. The Morgan fingerprint density at radius 2 is 1.71 bits per heavy atom. The molecule has 1 N–H and O–H groups in total. The Kier molecular flexibility index (Phi) is 6.34. The number of rotatable bonds is 6. The number of sulfonamides is 1. The summed E-state index contributed by atoms with van der Waals surface area (Å²) in [7, 11) is -4.24. The van der Waals surface area contributed by atoms with Crippen LogP contribution in [0.25, 0.3) is 0 Å². The molecule has 0 spiro atoms. The highest BCUT2D eigenvalue weighted by atomic mass is 32.2. The fourth-order valence-electron chi connectivity index (χ4n) is 3.60. The number of benzene rings is 2. The second kappa shape index (κ2) is 8.73. The van der Waals surface area contributed by atoms with E-state index in [0.29, 0.717) is 11.6 Å². The summed E-state index contributed by atoms with van der Waals surface area (Å²) in [6.07, 6.45) is 4.12. The molecule has 2 aromatic rings. The van der Waals surface area contributed by atoms with Gasteiger partial charge >= 0.3 is 0 Å². The molecule has 28 heavy (non-hydrogen) atoms. The third-order valence-electron chi connectivity index (χ3n) is 5.19. The van der Waals surface area contributed by atoms with Crippen molar-refractivity contribution in [3.63, 3.8) is 0 Å². The topological polar surface area (TPSA) is 66.5 Å². The van der Waals surface area contributed by atoms with Crippen LogP contribution in [0.15, 0.2) is 59.5 Å². The highest BCUT2D eigenvalue weighted by Gasteiger charge is 2.31. The van der Waals surface area contributed by atoms with E-state index in [4.69, 9.17) is 0 Å². The Labute approximate surface area is 165 Å². The minimum Gasteiger partial charge on any atom is -0.352 e. The number of anilines is 1. The minimum absolute atomic E-state index is 0.0371. The van der Waals surface area contributed by atoms with Crippen LogP contribution in [0.2, 0.25) is 0 Å². The van der Waals surface area contributed by atoms with Gasteiger partial charge in [0.1, 0.15) is 17.3 Å². The first-order valence-electron chi connectivity index (χ1n) is 9.51. The smallest absolute Gasteiger partial charge is 0.267 e. The molecule has 0 saturated heterocycles. The van der Waals surface area contributed by atoms with Gasteiger partial charge in [-0.2, -0.15) is 0 Å². The second-order valence-corrected chi connectivity index (χ2v) is 9.04. The third kappa shape index (κ3) is 4.52. The van der Waals surface area contributed by atoms with Gasteiger partial charge < -0.3 is 5.32 Å². The lowest BCUT2D eigenvalue weighted by atomic mass is 9.86. The SMILES string of the molecule is C[C@@H]1CCCC[C@@H]1NC(=O)CN(c1ccccc1)S(=O)(=O)c1ccccc1F. The van der Waals surface area contributed by atoms with Crippen LogP contribution >= 0.6 is 0 Å². The summed E-state index contributed by atoms with van der Waals surface area (Å²) >= 11 is 0. The molecule has 1 amide bonds. The first-order chi connectivity index (χ1) is 13.4. The second-order valence-electron chi connectivity index (χ2n) is 7.21.